The van der Waals surface area contributed by atoms with E-state index in [2.05, 4.69) is 103 Å². The van der Waals surface area contributed by atoms with Crippen LogP contribution in [0, 0.1) is 0 Å². The van der Waals surface area contributed by atoms with Gasteiger partial charge in [0.2, 0.25) is 16.6 Å². The summed E-state index contributed by atoms with van der Waals surface area (Å²) >= 11 is 0. The number of hydrogen-bond donors (Lipinski definition) is 0. The monoisotopic (exact) mass is 448 g/mol. The molecule has 2 nitrogen and oxygen atoms in total. The predicted molar refractivity (Wildman–Crippen MR) is 138 cm³/mol. The van der Waals surface area contributed by atoms with Crippen molar-refractivity contribution < 1.29 is 8.85 Å². The molecule has 28 heavy (non-hydrogen) atoms. The molecule has 0 aliphatic rings. The minimum atomic E-state index is -1.73. The summed E-state index contributed by atoms with van der Waals surface area (Å²) in [7, 11) is -6.58. The Labute approximate surface area is 176 Å². The summed E-state index contributed by atoms with van der Waals surface area (Å²) in [4.78, 5) is 0. The number of benzene rings is 2. The van der Waals surface area contributed by atoms with Crippen LogP contribution in [-0.2, 0) is 0 Å². The first-order valence-corrected chi connectivity index (χ1v) is 24.2. The van der Waals surface area contributed by atoms with Gasteiger partial charge in [-0.05, 0) is 61.8 Å². The Hall–Kier alpha value is -0.832. The van der Waals surface area contributed by atoms with Gasteiger partial charge in [-0.15, -0.1) is 0 Å². The van der Waals surface area contributed by atoms with E-state index >= 15 is 0 Å². The van der Waals surface area contributed by atoms with E-state index in [0.717, 1.165) is 11.5 Å². The van der Waals surface area contributed by atoms with Crippen molar-refractivity contribution in [1.29, 1.82) is 0 Å². The lowest BCUT2D eigenvalue weighted by atomic mass is 10.1. The topological polar surface area (TPSA) is 18.5 Å². The van der Waals surface area contributed by atoms with Crippen molar-refractivity contribution in [2.24, 2.45) is 0 Å². The van der Waals surface area contributed by atoms with E-state index in [1.54, 1.807) is 0 Å². The van der Waals surface area contributed by atoms with Gasteiger partial charge < -0.3 is 8.85 Å². The van der Waals surface area contributed by atoms with Crippen molar-refractivity contribution in [2.45, 2.75) is 78.6 Å². The zero-order valence-electron chi connectivity index (χ0n) is 20.1. The van der Waals surface area contributed by atoms with Crippen molar-refractivity contribution in [2.75, 3.05) is 0 Å². The Bertz CT molecular complexity index is 790. The van der Waals surface area contributed by atoms with Gasteiger partial charge in [-0.1, -0.05) is 51.4 Å². The normalized spacial score (nSPS) is 13.7. The van der Waals surface area contributed by atoms with Crippen molar-refractivity contribution in [3.63, 3.8) is 0 Å². The second-order valence-corrected chi connectivity index (χ2v) is 30.8. The van der Waals surface area contributed by atoms with Crippen LogP contribution in [0.3, 0.4) is 0 Å². The van der Waals surface area contributed by atoms with Crippen LogP contribution in [0.5, 0.6) is 11.5 Å². The summed E-state index contributed by atoms with van der Waals surface area (Å²) < 4.78 is 13.3. The average molecular weight is 449 g/mol. The van der Waals surface area contributed by atoms with E-state index in [1.165, 1.54) is 21.1 Å². The van der Waals surface area contributed by atoms with E-state index < -0.39 is 32.8 Å². The Morgan fingerprint density at radius 3 is 0.964 bits per heavy atom. The summed E-state index contributed by atoms with van der Waals surface area (Å²) in [6, 6.07) is 9.15. The summed E-state index contributed by atoms with van der Waals surface area (Å²) in [5, 5.41) is 5.63. The third kappa shape index (κ3) is 5.61. The highest BCUT2D eigenvalue weighted by atomic mass is 28.4. The second kappa shape index (κ2) is 7.45. The third-order valence-corrected chi connectivity index (χ3v) is 10.3. The van der Waals surface area contributed by atoms with E-state index in [0.29, 0.717) is 0 Å². The molecule has 0 bridgehead atoms. The van der Waals surface area contributed by atoms with Crippen LogP contribution in [-0.4, -0.2) is 32.8 Å². The molecule has 0 aliphatic heterocycles. The Balaban J connectivity index is 3.03. The molecular weight excluding hydrogens is 409 g/mol. The molecule has 0 spiro atoms. The van der Waals surface area contributed by atoms with Crippen LogP contribution in [0.4, 0.5) is 0 Å². The largest absolute Gasteiger partial charge is 0.544 e. The van der Waals surface area contributed by atoms with E-state index in [-0.39, 0.29) is 0 Å². The lowest BCUT2D eigenvalue weighted by Gasteiger charge is -2.31. The van der Waals surface area contributed by atoms with Gasteiger partial charge in [0.25, 0.3) is 0 Å². The van der Waals surface area contributed by atoms with Crippen LogP contribution in [0.1, 0.15) is 0 Å². The molecule has 0 atom stereocenters. The molecule has 2 aromatic rings. The summed E-state index contributed by atoms with van der Waals surface area (Å²) in [5.41, 5.74) is 0. The molecule has 0 unspecified atom stereocenters. The lowest BCUT2D eigenvalue weighted by Crippen LogP contribution is -2.43. The van der Waals surface area contributed by atoms with E-state index in [1.807, 2.05) is 0 Å². The molecule has 0 fully saturated rings. The lowest BCUT2D eigenvalue weighted by molar-refractivity contribution is 0.558. The third-order valence-electron chi connectivity index (χ3n) is 4.53. The summed E-state index contributed by atoms with van der Waals surface area (Å²) in [5.74, 6) is 2.13. The van der Waals surface area contributed by atoms with Gasteiger partial charge in [0, 0.05) is 10.8 Å². The molecule has 0 aliphatic carbocycles. The van der Waals surface area contributed by atoms with Gasteiger partial charge in [0.05, 0.1) is 16.1 Å². The molecule has 6 heteroatoms. The van der Waals surface area contributed by atoms with Crippen LogP contribution in [0.2, 0.25) is 78.6 Å². The molecule has 0 heterocycles. The fourth-order valence-corrected chi connectivity index (χ4v) is 8.34. The minimum Gasteiger partial charge on any atom is -0.544 e. The standard InChI is InChI=1S/C22H40O2Si4/c1-25(2,3)19-15-13-18(24-28(10,11)12)22-20(26(4,5)6)16-14-17(21(19)22)23-27(7,8)9/h13-16H,1-12H3. The highest BCUT2D eigenvalue weighted by molar-refractivity contribution is 6.92. The van der Waals surface area contributed by atoms with E-state index in [4.69, 9.17) is 8.85 Å². The molecule has 156 valence electrons. The predicted octanol–water partition coefficient (Wildman–Crippen LogP) is 6.36. The molecule has 0 saturated carbocycles. The fourth-order valence-electron chi connectivity index (χ4n) is 3.51. The molecular formula is C22H40O2Si4. The minimum absolute atomic E-state index is 1.06. The fraction of sp³-hybridized carbons (Fsp3) is 0.545. The van der Waals surface area contributed by atoms with Gasteiger partial charge >= 0.3 is 0 Å². The zero-order chi connectivity index (χ0) is 21.7. The quantitative estimate of drug-likeness (QED) is 0.479. The van der Waals surface area contributed by atoms with Gasteiger partial charge in [-0.25, -0.2) is 0 Å². The van der Waals surface area contributed by atoms with Gasteiger partial charge in [0.15, 0.2) is 0 Å². The average Bonchev–Trinajstić information content (AvgIpc) is 2.42. The van der Waals surface area contributed by atoms with Gasteiger partial charge in [-0.2, -0.15) is 0 Å². The molecule has 0 N–H and O–H groups in total. The Morgan fingerprint density at radius 1 is 0.464 bits per heavy atom. The van der Waals surface area contributed by atoms with Crippen LogP contribution < -0.4 is 19.2 Å². The SMILES string of the molecule is C[Si](C)(C)Oc1ccc([Si](C)(C)C)c2c(O[Si](C)(C)C)ccc([Si](C)(C)C)c12. The molecule has 0 amide bonds. The zero-order valence-corrected chi connectivity index (χ0v) is 24.1. The first-order valence-electron chi connectivity index (χ1n) is 10.4. The Kier molecular flexibility index (Phi) is 6.24. The van der Waals surface area contributed by atoms with Crippen LogP contribution in [0.25, 0.3) is 10.8 Å². The van der Waals surface area contributed by atoms with Crippen molar-refractivity contribution in [3.8, 4) is 11.5 Å². The first-order chi connectivity index (χ1) is 12.4. The number of hydrogen-bond acceptors (Lipinski definition) is 2. The molecule has 0 radical (unpaired) electrons. The maximum absolute atomic E-state index is 6.64. The highest BCUT2D eigenvalue weighted by Gasteiger charge is 2.30. The van der Waals surface area contributed by atoms with Crippen molar-refractivity contribution in [3.05, 3.63) is 24.3 Å². The maximum atomic E-state index is 6.64. The molecule has 2 aromatic carbocycles. The first kappa shape index (κ1) is 23.4. The maximum Gasteiger partial charge on any atom is 0.242 e. The highest BCUT2D eigenvalue weighted by Crippen LogP contribution is 2.35. The van der Waals surface area contributed by atoms with Crippen molar-refractivity contribution in [1.82, 2.24) is 0 Å². The number of rotatable bonds is 6. The van der Waals surface area contributed by atoms with Crippen LogP contribution in [0.15, 0.2) is 24.3 Å². The van der Waals surface area contributed by atoms with Crippen molar-refractivity contribution >= 4 is 53.9 Å². The van der Waals surface area contributed by atoms with Gasteiger partial charge in [-0.3, -0.25) is 0 Å². The Morgan fingerprint density at radius 2 is 0.750 bits per heavy atom. The molecule has 2 rings (SSSR count). The molecule has 0 saturated heterocycles. The smallest absolute Gasteiger partial charge is 0.242 e. The van der Waals surface area contributed by atoms with E-state index in [9.17, 15) is 0 Å². The summed E-state index contributed by atoms with van der Waals surface area (Å²) in [6.45, 7) is 28.2. The van der Waals surface area contributed by atoms with Gasteiger partial charge in [0.1, 0.15) is 11.5 Å². The second-order valence-electron chi connectivity index (χ2n) is 11.9. The van der Waals surface area contributed by atoms with Crippen LogP contribution >= 0.6 is 0 Å². The molecule has 0 aromatic heterocycles. The number of fused-ring (bicyclic) bond motifs is 1. The summed E-state index contributed by atoms with van der Waals surface area (Å²) in [6.07, 6.45) is 0.